The number of amides is 2. The molecule has 7 heteroatoms. The van der Waals surface area contributed by atoms with Gasteiger partial charge in [0.1, 0.15) is 0 Å². The highest BCUT2D eigenvalue weighted by atomic mass is 16.5. The molecule has 0 radical (unpaired) electrons. The molecular formula is C14H24N2O5. The molecule has 120 valence electrons. The SMILES string of the molecule is COCCNC(=O)CNC(=O)CC1(C(=O)O)CCCCC1. The number of aliphatic carboxylic acids is 1. The number of carbonyl (C=O) groups excluding carboxylic acids is 2. The summed E-state index contributed by atoms with van der Waals surface area (Å²) in [5, 5.41) is 14.4. The Kier molecular flexibility index (Phi) is 7.14. The van der Waals surface area contributed by atoms with Crippen LogP contribution in [0.4, 0.5) is 0 Å². The Bertz CT molecular complexity index is 378. The molecule has 0 saturated heterocycles. The molecule has 0 bridgehead atoms. The predicted molar refractivity (Wildman–Crippen MR) is 75.7 cm³/mol. The fourth-order valence-corrected chi connectivity index (χ4v) is 2.60. The normalized spacial score (nSPS) is 17.0. The van der Waals surface area contributed by atoms with E-state index in [1.54, 1.807) is 0 Å². The molecule has 2 amide bonds. The van der Waals surface area contributed by atoms with Crippen LogP contribution >= 0.6 is 0 Å². The Morgan fingerprint density at radius 3 is 2.33 bits per heavy atom. The van der Waals surface area contributed by atoms with Crippen molar-refractivity contribution < 1.29 is 24.2 Å². The maximum atomic E-state index is 11.9. The van der Waals surface area contributed by atoms with Crippen LogP contribution in [0, 0.1) is 5.41 Å². The highest BCUT2D eigenvalue weighted by molar-refractivity contribution is 5.88. The maximum absolute atomic E-state index is 11.9. The molecule has 0 unspecified atom stereocenters. The number of carboxylic acids is 1. The van der Waals surface area contributed by atoms with E-state index in [-0.39, 0.29) is 24.8 Å². The molecule has 1 rings (SSSR count). The van der Waals surface area contributed by atoms with Gasteiger partial charge in [0, 0.05) is 20.1 Å². The average molecular weight is 300 g/mol. The third-order valence-electron chi connectivity index (χ3n) is 3.84. The van der Waals surface area contributed by atoms with Gasteiger partial charge in [0.25, 0.3) is 0 Å². The topological polar surface area (TPSA) is 105 Å². The van der Waals surface area contributed by atoms with Crippen LogP contribution < -0.4 is 10.6 Å². The molecule has 3 N–H and O–H groups in total. The zero-order chi connectivity index (χ0) is 15.7. The van der Waals surface area contributed by atoms with Crippen molar-refractivity contribution >= 4 is 17.8 Å². The molecule has 1 aliphatic rings. The van der Waals surface area contributed by atoms with E-state index < -0.39 is 11.4 Å². The van der Waals surface area contributed by atoms with E-state index >= 15 is 0 Å². The van der Waals surface area contributed by atoms with Crippen molar-refractivity contribution in [3.8, 4) is 0 Å². The van der Waals surface area contributed by atoms with Crippen molar-refractivity contribution in [1.29, 1.82) is 0 Å². The third-order valence-corrected chi connectivity index (χ3v) is 3.84. The molecule has 0 aromatic carbocycles. The Hall–Kier alpha value is -1.63. The van der Waals surface area contributed by atoms with Gasteiger partial charge in [0.05, 0.1) is 18.6 Å². The molecule has 0 atom stereocenters. The summed E-state index contributed by atoms with van der Waals surface area (Å²) >= 11 is 0. The second kappa shape index (κ2) is 8.61. The zero-order valence-corrected chi connectivity index (χ0v) is 12.4. The van der Waals surface area contributed by atoms with Crippen LogP contribution in [-0.4, -0.2) is 49.7 Å². The molecule has 0 spiro atoms. The van der Waals surface area contributed by atoms with Crippen LogP contribution in [0.2, 0.25) is 0 Å². The monoisotopic (exact) mass is 300 g/mol. The van der Waals surface area contributed by atoms with Gasteiger partial charge in [0.2, 0.25) is 11.8 Å². The quantitative estimate of drug-likeness (QED) is 0.559. The van der Waals surface area contributed by atoms with Crippen molar-refractivity contribution in [2.45, 2.75) is 38.5 Å². The Morgan fingerprint density at radius 2 is 1.76 bits per heavy atom. The van der Waals surface area contributed by atoms with Gasteiger partial charge < -0.3 is 20.5 Å². The fraction of sp³-hybridized carbons (Fsp3) is 0.786. The van der Waals surface area contributed by atoms with Crippen molar-refractivity contribution in [3.05, 3.63) is 0 Å². The summed E-state index contributed by atoms with van der Waals surface area (Å²) in [5.41, 5.74) is -0.963. The first-order valence-electron chi connectivity index (χ1n) is 7.26. The van der Waals surface area contributed by atoms with E-state index in [9.17, 15) is 19.5 Å². The molecular weight excluding hydrogens is 276 g/mol. The number of hydrogen-bond acceptors (Lipinski definition) is 4. The largest absolute Gasteiger partial charge is 0.481 e. The Labute approximate surface area is 124 Å². The maximum Gasteiger partial charge on any atom is 0.310 e. The molecule has 0 aromatic rings. The van der Waals surface area contributed by atoms with E-state index in [1.807, 2.05) is 0 Å². The lowest BCUT2D eigenvalue weighted by Gasteiger charge is -2.32. The minimum Gasteiger partial charge on any atom is -0.481 e. The van der Waals surface area contributed by atoms with Crippen molar-refractivity contribution in [2.24, 2.45) is 5.41 Å². The van der Waals surface area contributed by atoms with Gasteiger partial charge in [0.15, 0.2) is 0 Å². The van der Waals surface area contributed by atoms with E-state index in [0.29, 0.717) is 26.0 Å². The van der Waals surface area contributed by atoms with E-state index in [2.05, 4.69) is 10.6 Å². The molecule has 7 nitrogen and oxygen atoms in total. The first-order chi connectivity index (χ1) is 10.00. The number of hydrogen-bond donors (Lipinski definition) is 3. The second-order valence-electron chi connectivity index (χ2n) is 5.44. The minimum atomic E-state index is -0.963. The lowest BCUT2D eigenvalue weighted by atomic mass is 9.71. The smallest absolute Gasteiger partial charge is 0.310 e. The van der Waals surface area contributed by atoms with Crippen LogP contribution in [0.15, 0.2) is 0 Å². The lowest BCUT2D eigenvalue weighted by Crippen LogP contribution is -2.42. The Balaban J connectivity index is 2.37. The van der Waals surface area contributed by atoms with Crippen LogP contribution in [-0.2, 0) is 19.1 Å². The van der Waals surface area contributed by atoms with Gasteiger partial charge in [-0.3, -0.25) is 14.4 Å². The van der Waals surface area contributed by atoms with Gasteiger partial charge in [-0.05, 0) is 12.8 Å². The summed E-state index contributed by atoms with van der Waals surface area (Å²) in [4.78, 5) is 34.8. The zero-order valence-electron chi connectivity index (χ0n) is 12.4. The van der Waals surface area contributed by atoms with Gasteiger partial charge in [-0.15, -0.1) is 0 Å². The molecule has 1 fully saturated rings. The molecule has 0 aliphatic heterocycles. The Morgan fingerprint density at radius 1 is 1.10 bits per heavy atom. The summed E-state index contributed by atoms with van der Waals surface area (Å²) in [7, 11) is 1.53. The molecule has 0 aromatic heterocycles. The first-order valence-corrected chi connectivity index (χ1v) is 7.26. The minimum absolute atomic E-state index is 0.0618. The van der Waals surface area contributed by atoms with E-state index in [0.717, 1.165) is 19.3 Å². The molecule has 1 aliphatic carbocycles. The van der Waals surface area contributed by atoms with Crippen LogP contribution in [0.5, 0.6) is 0 Å². The number of methoxy groups -OCH3 is 1. The number of ether oxygens (including phenoxy) is 1. The summed E-state index contributed by atoms with van der Waals surface area (Å²) in [6, 6.07) is 0. The average Bonchev–Trinajstić information content (AvgIpc) is 2.46. The summed E-state index contributed by atoms with van der Waals surface area (Å²) in [6.07, 6.45) is 3.66. The summed E-state index contributed by atoms with van der Waals surface area (Å²) in [5.74, 6) is -1.61. The van der Waals surface area contributed by atoms with E-state index in [1.165, 1.54) is 7.11 Å². The molecule has 1 saturated carbocycles. The van der Waals surface area contributed by atoms with Crippen molar-refractivity contribution in [2.75, 3.05) is 26.8 Å². The lowest BCUT2D eigenvalue weighted by molar-refractivity contribution is -0.154. The van der Waals surface area contributed by atoms with Gasteiger partial charge in [-0.2, -0.15) is 0 Å². The van der Waals surface area contributed by atoms with Crippen molar-refractivity contribution in [3.63, 3.8) is 0 Å². The van der Waals surface area contributed by atoms with Gasteiger partial charge in [-0.25, -0.2) is 0 Å². The predicted octanol–water partition coefficient (Wildman–Crippen LogP) is 0.290. The summed E-state index contributed by atoms with van der Waals surface area (Å²) in [6.45, 7) is 0.643. The standard InChI is InChI=1S/C14H24N2O5/c1-21-8-7-15-12(18)10-16-11(17)9-14(13(19)20)5-3-2-4-6-14/h2-10H2,1H3,(H,15,18)(H,16,17)(H,19,20). The van der Waals surface area contributed by atoms with Crippen LogP contribution in [0.3, 0.4) is 0 Å². The highest BCUT2D eigenvalue weighted by Crippen LogP contribution is 2.39. The number of carbonyl (C=O) groups is 3. The van der Waals surface area contributed by atoms with Crippen molar-refractivity contribution in [1.82, 2.24) is 10.6 Å². The number of nitrogens with one attached hydrogen (secondary N) is 2. The number of carboxylic acid groups (broad SMARTS) is 1. The first kappa shape index (κ1) is 17.4. The highest BCUT2D eigenvalue weighted by Gasteiger charge is 2.41. The fourth-order valence-electron chi connectivity index (χ4n) is 2.60. The van der Waals surface area contributed by atoms with Crippen LogP contribution in [0.25, 0.3) is 0 Å². The van der Waals surface area contributed by atoms with Gasteiger partial charge in [-0.1, -0.05) is 19.3 Å². The molecule has 0 heterocycles. The van der Waals surface area contributed by atoms with Gasteiger partial charge >= 0.3 is 5.97 Å². The van der Waals surface area contributed by atoms with Crippen LogP contribution in [0.1, 0.15) is 38.5 Å². The molecule has 21 heavy (non-hydrogen) atoms. The number of rotatable bonds is 8. The summed E-state index contributed by atoms with van der Waals surface area (Å²) < 4.78 is 4.79. The third kappa shape index (κ3) is 5.71. The van der Waals surface area contributed by atoms with E-state index in [4.69, 9.17) is 4.74 Å². The second-order valence-corrected chi connectivity index (χ2v) is 5.44.